The zero-order valence-electron chi connectivity index (χ0n) is 16.3. The van der Waals surface area contributed by atoms with Gasteiger partial charge in [0.25, 0.3) is 0 Å². The Labute approximate surface area is 166 Å². The minimum Gasteiger partial charge on any atom is -0.436 e. The molecule has 28 heavy (non-hydrogen) atoms. The first-order valence-corrected chi connectivity index (χ1v) is 9.76. The van der Waals surface area contributed by atoms with E-state index in [4.69, 9.17) is 4.42 Å². The van der Waals surface area contributed by atoms with Crippen LogP contribution in [0.25, 0.3) is 33.9 Å². The molecule has 0 N–H and O–H groups in total. The average molecular weight is 368 g/mol. The van der Waals surface area contributed by atoms with Crippen molar-refractivity contribution in [3.63, 3.8) is 0 Å². The fraction of sp³-hybridized carbons (Fsp3) is 0.160. The molecule has 1 aromatic heterocycles. The van der Waals surface area contributed by atoms with Gasteiger partial charge in [0, 0.05) is 29.9 Å². The normalized spacial score (nSPS) is 10.8. The van der Waals surface area contributed by atoms with Crippen molar-refractivity contribution in [2.75, 3.05) is 18.0 Å². The van der Waals surface area contributed by atoms with E-state index >= 15 is 0 Å². The molecular weight excluding hydrogens is 344 g/mol. The molecule has 1 heterocycles. The summed E-state index contributed by atoms with van der Waals surface area (Å²) in [4.78, 5) is 6.91. The Balaban J connectivity index is 1.71. The maximum Gasteiger partial charge on any atom is 0.227 e. The summed E-state index contributed by atoms with van der Waals surface area (Å²) in [5, 5.41) is 0. The van der Waals surface area contributed by atoms with Gasteiger partial charge in [0.15, 0.2) is 5.76 Å². The molecule has 3 heteroatoms. The van der Waals surface area contributed by atoms with Crippen LogP contribution in [-0.4, -0.2) is 18.1 Å². The number of oxazole rings is 1. The quantitative estimate of drug-likeness (QED) is 0.388. The Morgan fingerprint density at radius 1 is 0.750 bits per heavy atom. The number of anilines is 1. The van der Waals surface area contributed by atoms with E-state index in [1.165, 1.54) is 5.69 Å². The molecule has 0 amide bonds. The highest BCUT2D eigenvalue weighted by Crippen LogP contribution is 2.34. The van der Waals surface area contributed by atoms with Gasteiger partial charge in [-0.1, -0.05) is 60.7 Å². The zero-order chi connectivity index (χ0) is 19.3. The summed E-state index contributed by atoms with van der Waals surface area (Å²) in [7, 11) is 0. The smallest absolute Gasteiger partial charge is 0.227 e. The molecule has 0 saturated heterocycles. The highest BCUT2D eigenvalue weighted by molar-refractivity contribution is 5.80. The van der Waals surface area contributed by atoms with Crippen molar-refractivity contribution < 1.29 is 4.42 Å². The first kappa shape index (κ1) is 18.1. The fourth-order valence-electron chi connectivity index (χ4n) is 3.52. The number of hydrogen-bond acceptors (Lipinski definition) is 3. The van der Waals surface area contributed by atoms with E-state index in [0.717, 1.165) is 41.1 Å². The van der Waals surface area contributed by atoms with Gasteiger partial charge in [-0.2, -0.15) is 0 Å². The van der Waals surface area contributed by atoms with Gasteiger partial charge < -0.3 is 9.32 Å². The van der Waals surface area contributed by atoms with Crippen LogP contribution in [0.15, 0.2) is 89.5 Å². The molecule has 0 saturated carbocycles. The van der Waals surface area contributed by atoms with Crippen LogP contribution in [0, 0.1) is 0 Å². The minimum atomic E-state index is 0.641. The molecule has 0 spiro atoms. The first-order valence-electron chi connectivity index (χ1n) is 9.76. The third-order valence-electron chi connectivity index (χ3n) is 5.01. The van der Waals surface area contributed by atoms with E-state index in [9.17, 15) is 0 Å². The Kier molecular flexibility index (Phi) is 5.24. The zero-order valence-corrected chi connectivity index (χ0v) is 16.3. The molecule has 3 aromatic carbocycles. The lowest BCUT2D eigenvalue weighted by molar-refractivity contribution is 0.589. The molecule has 0 bridgehead atoms. The molecule has 0 aliphatic rings. The Bertz CT molecular complexity index is 1050. The van der Waals surface area contributed by atoms with Crippen molar-refractivity contribution in [3.8, 4) is 33.9 Å². The van der Waals surface area contributed by atoms with Crippen molar-refractivity contribution >= 4 is 5.69 Å². The predicted molar refractivity (Wildman–Crippen MR) is 116 cm³/mol. The van der Waals surface area contributed by atoms with Crippen LogP contribution in [0.4, 0.5) is 5.69 Å². The summed E-state index contributed by atoms with van der Waals surface area (Å²) < 4.78 is 6.19. The lowest BCUT2D eigenvalue weighted by atomic mass is 10.00. The summed E-state index contributed by atoms with van der Waals surface area (Å²) in [6.45, 7) is 6.30. The minimum absolute atomic E-state index is 0.641. The second-order valence-corrected chi connectivity index (χ2v) is 6.66. The average Bonchev–Trinajstić information content (AvgIpc) is 3.26. The molecule has 0 unspecified atom stereocenters. The molecular formula is C25H24N2O. The largest absolute Gasteiger partial charge is 0.436 e. The molecule has 0 aliphatic heterocycles. The van der Waals surface area contributed by atoms with Crippen molar-refractivity contribution in [3.05, 3.63) is 85.1 Å². The van der Waals surface area contributed by atoms with Crippen LogP contribution < -0.4 is 4.90 Å². The van der Waals surface area contributed by atoms with Gasteiger partial charge in [0.2, 0.25) is 5.89 Å². The van der Waals surface area contributed by atoms with E-state index in [1.807, 2.05) is 36.5 Å². The van der Waals surface area contributed by atoms with E-state index in [1.54, 1.807) is 0 Å². The predicted octanol–water partition coefficient (Wildman–Crippen LogP) is 6.52. The van der Waals surface area contributed by atoms with Gasteiger partial charge in [-0.05, 0) is 43.2 Å². The third-order valence-corrected chi connectivity index (χ3v) is 5.01. The third kappa shape index (κ3) is 3.56. The Morgan fingerprint density at radius 2 is 1.43 bits per heavy atom. The molecule has 0 aliphatic carbocycles. The number of aromatic nitrogens is 1. The molecule has 0 radical (unpaired) electrons. The van der Waals surface area contributed by atoms with Gasteiger partial charge >= 0.3 is 0 Å². The molecule has 3 nitrogen and oxygen atoms in total. The summed E-state index contributed by atoms with van der Waals surface area (Å²) >= 11 is 0. The number of rotatable bonds is 6. The van der Waals surface area contributed by atoms with Gasteiger partial charge in [-0.25, -0.2) is 4.98 Å². The topological polar surface area (TPSA) is 29.3 Å². The van der Waals surface area contributed by atoms with E-state index in [2.05, 4.69) is 72.3 Å². The van der Waals surface area contributed by atoms with E-state index in [-0.39, 0.29) is 0 Å². The van der Waals surface area contributed by atoms with Crippen LogP contribution in [0.5, 0.6) is 0 Å². The Morgan fingerprint density at radius 3 is 2.18 bits per heavy atom. The molecule has 140 valence electrons. The number of nitrogens with zero attached hydrogens (tertiary/aromatic N) is 2. The summed E-state index contributed by atoms with van der Waals surface area (Å²) in [5.74, 6) is 1.43. The highest BCUT2D eigenvalue weighted by atomic mass is 16.4. The van der Waals surface area contributed by atoms with Crippen molar-refractivity contribution in [1.29, 1.82) is 0 Å². The fourth-order valence-corrected chi connectivity index (χ4v) is 3.52. The van der Waals surface area contributed by atoms with Gasteiger partial charge in [0.1, 0.15) is 0 Å². The molecule has 0 atom stereocenters. The summed E-state index contributed by atoms with van der Waals surface area (Å²) in [5.41, 5.74) is 5.51. The van der Waals surface area contributed by atoms with Gasteiger partial charge in [-0.3, -0.25) is 0 Å². The standard InChI is InChI=1S/C25H24N2O/c1-3-27(4-2)21-14-10-13-20(17-21)24-18-26-25(28-24)23-16-9-8-15-22(23)19-11-6-5-7-12-19/h5-18H,3-4H2,1-2H3. The maximum atomic E-state index is 6.19. The van der Waals surface area contributed by atoms with E-state index < -0.39 is 0 Å². The van der Waals surface area contributed by atoms with Crippen molar-refractivity contribution in [2.45, 2.75) is 13.8 Å². The summed E-state index contributed by atoms with van der Waals surface area (Å²) in [6.07, 6.45) is 1.82. The molecule has 4 rings (SSSR count). The first-order chi connectivity index (χ1) is 13.8. The van der Waals surface area contributed by atoms with Crippen LogP contribution >= 0.6 is 0 Å². The molecule has 0 fully saturated rings. The Hall–Kier alpha value is -3.33. The monoisotopic (exact) mass is 368 g/mol. The van der Waals surface area contributed by atoms with Crippen LogP contribution in [0.1, 0.15) is 13.8 Å². The van der Waals surface area contributed by atoms with Crippen molar-refractivity contribution in [2.24, 2.45) is 0 Å². The lowest BCUT2D eigenvalue weighted by Crippen LogP contribution is -2.21. The maximum absolute atomic E-state index is 6.19. The van der Waals surface area contributed by atoms with Gasteiger partial charge in [0.05, 0.1) is 6.20 Å². The van der Waals surface area contributed by atoms with Crippen LogP contribution in [0.2, 0.25) is 0 Å². The second-order valence-electron chi connectivity index (χ2n) is 6.66. The van der Waals surface area contributed by atoms with Gasteiger partial charge in [-0.15, -0.1) is 0 Å². The van der Waals surface area contributed by atoms with Crippen LogP contribution in [0.3, 0.4) is 0 Å². The second kappa shape index (κ2) is 8.13. The van der Waals surface area contributed by atoms with Crippen LogP contribution in [-0.2, 0) is 0 Å². The highest BCUT2D eigenvalue weighted by Gasteiger charge is 2.14. The number of hydrogen-bond donors (Lipinski definition) is 0. The van der Waals surface area contributed by atoms with E-state index in [0.29, 0.717) is 5.89 Å². The number of benzene rings is 3. The van der Waals surface area contributed by atoms with Crippen molar-refractivity contribution in [1.82, 2.24) is 4.98 Å². The lowest BCUT2D eigenvalue weighted by Gasteiger charge is -2.21. The SMILES string of the molecule is CCN(CC)c1cccc(-c2cnc(-c3ccccc3-c3ccccc3)o2)c1. The molecule has 4 aromatic rings. The summed E-state index contributed by atoms with van der Waals surface area (Å²) in [6, 6.07) is 27.0.